The Bertz CT molecular complexity index is 489. The van der Waals surface area contributed by atoms with E-state index in [2.05, 4.69) is 33.4 Å². The van der Waals surface area contributed by atoms with Gasteiger partial charge in [-0.1, -0.05) is 18.9 Å². The Morgan fingerprint density at radius 1 is 1.35 bits per heavy atom. The third-order valence-electron chi connectivity index (χ3n) is 4.92. The van der Waals surface area contributed by atoms with Crippen LogP contribution in [-0.4, -0.2) is 24.4 Å². The van der Waals surface area contributed by atoms with Crippen molar-refractivity contribution < 1.29 is 9.84 Å². The van der Waals surface area contributed by atoms with Gasteiger partial charge in [0, 0.05) is 12.0 Å². The number of methoxy groups -OCH3 is 1. The van der Waals surface area contributed by atoms with Crippen LogP contribution >= 0.6 is 15.9 Å². The highest BCUT2D eigenvalue weighted by molar-refractivity contribution is 9.10. The van der Waals surface area contributed by atoms with E-state index >= 15 is 0 Å². The van der Waals surface area contributed by atoms with Gasteiger partial charge in [0.05, 0.1) is 17.2 Å². The fourth-order valence-corrected chi connectivity index (χ4v) is 4.41. The molecule has 3 atom stereocenters. The van der Waals surface area contributed by atoms with E-state index < -0.39 is 5.60 Å². The molecule has 1 saturated heterocycles. The van der Waals surface area contributed by atoms with Crippen molar-refractivity contribution in [2.45, 2.75) is 43.7 Å². The molecule has 0 bridgehead atoms. The van der Waals surface area contributed by atoms with Crippen LogP contribution in [0.25, 0.3) is 0 Å². The average molecular weight is 340 g/mol. The van der Waals surface area contributed by atoms with E-state index in [1.807, 2.05) is 6.07 Å². The van der Waals surface area contributed by atoms with Crippen molar-refractivity contribution in [1.29, 1.82) is 0 Å². The molecule has 4 heteroatoms. The summed E-state index contributed by atoms with van der Waals surface area (Å²) >= 11 is 3.56. The van der Waals surface area contributed by atoms with Gasteiger partial charge in [-0.3, -0.25) is 0 Å². The monoisotopic (exact) mass is 339 g/mol. The van der Waals surface area contributed by atoms with Gasteiger partial charge in [0.1, 0.15) is 5.75 Å². The standard InChI is InChI=1S/C16H22BrNO2/c1-20-14-6-5-11(10-13(14)17)15-12-4-2-3-7-16(12,19)8-9-18-15/h5-6,10,12,15,18-19H,2-4,7-9H2,1H3/t12-,15+,16+/m1/s1. The molecule has 110 valence electrons. The van der Waals surface area contributed by atoms with Crippen molar-refractivity contribution in [2.24, 2.45) is 5.92 Å². The lowest BCUT2D eigenvalue weighted by atomic mass is 9.67. The molecule has 0 unspecified atom stereocenters. The maximum absolute atomic E-state index is 10.9. The summed E-state index contributed by atoms with van der Waals surface area (Å²) < 4.78 is 6.27. The summed E-state index contributed by atoms with van der Waals surface area (Å²) in [6.07, 6.45) is 5.32. The third-order valence-corrected chi connectivity index (χ3v) is 5.54. The Kier molecular flexibility index (Phi) is 4.07. The zero-order valence-corrected chi connectivity index (χ0v) is 13.4. The zero-order valence-electron chi connectivity index (χ0n) is 11.9. The average Bonchev–Trinajstić information content (AvgIpc) is 2.45. The molecule has 1 heterocycles. The Morgan fingerprint density at radius 3 is 2.95 bits per heavy atom. The molecule has 2 fully saturated rings. The minimum atomic E-state index is -0.472. The number of rotatable bonds is 2. The van der Waals surface area contributed by atoms with Crippen LogP contribution in [0, 0.1) is 5.92 Å². The van der Waals surface area contributed by atoms with Crippen molar-refractivity contribution >= 4 is 15.9 Å². The number of hydrogen-bond acceptors (Lipinski definition) is 3. The Hall–Kier alpha value is -0.580. The summed E-state index contributed by atoms with van der Waals surface area (Å²) in [6, 6.07) is 6.48. The van der Waals surface area contributed by atoms with Gasteiger partial charge < -0.3 is 15.2 Å². The highest BCUT2D eigenvalue weighted by atomic mass is 79.9. The Labute approximate surface area is 128 Å². The molecular formula is C16H22BrNO2. The minimum Gasteiger partial charge on any atom is -0.496 e. The molecule has 3 rings (SSSR count). The molecule has 2 aliphatic rings. The molecule has 1 aromatic rings. The summed E-state index contributed by atoms with van der Waals surface area (Å²) in [6.45, 7) is 0.890. The van der Waals surface area contributed by atoms with E-state index in [-0.39, 0.29) is 6.04 Å². The van der Waals surface area contributed by atoms with Crippen LogP contribution in [0.3, 0.4) is 0 Å². The number of fused-ring (bicyclic) bond motifs is 1. The van der Waals surface area contributed by atoms with Gasteiger partial charge in [-0.15, -0.1) is 0 Å². The van der Waals surface area contributed by atoms with Crippen LogP contribution in [-0.2, 0) is 0 Å². The van der Waals surface area contributed by atoms with E-state index in [0.717, 1.165) is 42.5 Å². The zero-order chi connectivity index (χ0) is 14.2. The first-order valence-corrected chi connectivity index (χ1v) is 8.22. The first kappa shape index (κ1) is 14.4. The molecular weight excluding hydrogens is 318 g/mol. The maximum Gasteiger partial charge on any atom is 0.133 e. The predicted molar refractivity (Wildman–Crippen MR) is 83.0 cm³/mol. The van der Waals surface area contributed by atoms with Gasteiger partial charge in [-0.2, -0.15) is 0 Å². The summed E-state index contributed by atoms with van der Waals surface area (Å²) in [5, 5.41) is 14.5. The van der Waals surface area contributed by atoms with Crippen LogP contribution in [0.1, 0.15) is 43.7 Å². The summed E-state index contributed by atoms with van der Waals surface area (Å²) in [5.41, 5.74) is 0.767. The van der Waals surface area contributed by atoms with Gasteiger partial charge in [-0.25, -0.2) is 0 Å². The number of nitrogens with one attached hydrogen (secondary N) is 1. The molecule has 0 spiro atoms. The molecule has 1 saturated carbocycles. The summed E-state index contributed by atoms with van der Waals surface area (Å²) in [7, 11) is 1.68. The number of ether oxygens (including phenoxy) is 1. The summed E-state index contributed by atoms with van der Waals surface area (Å²) in [5.74, 6) is 1.17. The quantitative estimate of drug-likeness (QED) is 0.867. The summed E-state index contributed by atoms with van der Waals surface area (Å²) in [4.78, 5) is 0. The van der Waals surface area contributed by atoms with Crippen molar-refractivity contribution in [3.8, 4) is 5.75 Å². The number of benzene rings is 1. The number of aliphatic hydroxyl groups is 1. The van der Waals surface area contributed by atoms with E-state index in [4.69, 9.17) is 4.74 Å². The number of hydrogen-bond donors (Lipinski definition) is 2. The largest absolute Gasteiger partial charge is 0.496 e. The minimum absolute atomic E-state index is 0.247. The lowest BCUT2D eigenvalue weighted by Crippen LogP contribution is -2.53. The van der Waals surface area contributed by atoms with Crippen LogP contribution < -0.4 is 10.1 Å². The first-order chi connectivity index (χ1) is 9.64. The Balaban J connectivity index is 1.90. The number of halogens is 1. The maximum atomic E-state index is 10.9. The highest BCUT2D eigenvalue weighted by Gasteiger charge is 2.45. The normalized spacial score (nSPS) is 33.5. The Morgan fingerprint density at radius 2 is 2.20 bits per heavy atom. The third kappa shape index (κ3) is 2.49. The molecule has 3 nitrogen and oxygen atoms in total. The molecule has 0 radical (unpaired) electrons. The predicted octanol–water partition coefficient (Wildman–Crippen LogP) is 3.41. The van der Waals surface area contributed by atoms with E-state index in [1.165, 1.54) is 12.0 Å². The number of piperidine rings is 1. The molecule has 0 amide bonds. The molecule has 1 aliphatic carbocycles. The molecule has 2 N–H and O–H groups in total. The lowest BCUT2D eigenvalue weighted by Gasteiger charge is -2.48. The fraction of sp³-hybridized carbons (Fsp3) is 0.625. The van der Waals surface area contributed by atoms with Gasteiger partial charge in [0.15, 0.2) is 0 Å². The topological polar surface area (TPSA) is 41.5 Å². The van der Waals surface area contributed by atoms with E-state index in [9.17, 15) is 5.11 Å². The van der Waals surface area contributed by atoms with Gasteiger partial charge in [0.2, 0.25) is 0 Å². The van der Waals surface area contributed by atoms with Crippen LogP contribution in [0.5, 0.6) is 5.75 Å². The molecule has 1 aliphatic heterocycles. The fourth-order valence-electron chi connectivity index (χ4n) is 3.85. The van der Waals surface area contributed by atoms with E-state index in [1.54, 1.807) is 7.11 Å². The van der Waals surface area contributed by atoms with Gasteiger partial charge >= 0.3 is 0 Å². The van der Waals surface area contributed by atoms with Crippen LogP contribution in [0.15, 0.2) is 22.7 Å². The van der Waals surface area contributed by atoms with E-state index in [0.29, 0.717) is 5.92 Å². The smallest absolute Gasteiger partial charge is 0.133 e. The van der Waals surface area contributed by atoms with Gasteiger partial charge in [0.25, 0.3) is 0 Å². The van der Waals surface area contributed by atoms with Crippen molar-refractivity contribution in [3.05, 3.63) is 28.2 Å². The second kappa shape index (κ2) is 5.66. The van der Waals surface area contributed by atoms with Crippen molar-refractivity contribution in [3.63, 3.8) is 0 Å². The second-order valence-electron chi connectivity index (χ2n) is 6.03. The SMILES string of the molecule is COc1ccc([C@@H]2NCC[C@@]3(O)CCCC[C@H]23)cc1Br. The van der Waals surface area contributed by atoms with Crippen molar-refractivity contribution in [1.82, 2.24) is 5.32 Å². The first-order valence-electron chi connectivity index (χ1n) is 7.43. The van der Waals surface area contributed by atoms with Gasteiger partial charge in [-0.05, 0) is 59.4 Å². The van der Waals surface area contributed by atoms with Crippen molar-refractivity contribution in [2.75, 3.05) is 13.7 Å². The molecule has 0 aromatic heterocycles. The molecule has 20 heavy (non-hydrogen) atoms. The highest BCUT2D eigenvalue weighted by Crippen LogP contribution is 2.46. The van der Waals surface area contributed by atoms with Crippen LogP contribution in [0.2, 0.25) is 0 Å². The molecule has 1 aromatic carbocycles. The van der Waals surface area contributed by atoms with Crippen LogP contribution in [0.4, 0.5) is 0 Å². The lowest BCUT2D eigenvalue weighted by molar-refractivity contribution is -0.0861. The second-order valence-corrected chi connectivity index (χ2v) is 6.89.